The lowest BCUT2D eigenvalue weighted by atomic mass is 9.97. The first kappa shape index (κ1) is 10.3. The van der Waals surface area contributed by atoms with Crippen LogP contribution < -0.4 is 5.32 Å². The van der Waals surface area contributed by atoms with E-state index in [-0.39, 0.29) is 0 Å². The molecule has 1 saturated carbocycles. The minimum absolute atomic E-state index is 0.670. The summed E-state index contributed by atoms with van der Waals surface area (Å²) in [4.78, 5) is 0. The summed E-state index contributed by atoms with van der Waals surface area (Å²) in [6.45, 7) is 3.40. The predicted molar refractivity (Wildman–Crippen MR) is 62.2 cm³/mol. The second-order valence-electron chi connectivity index (χ2n) is 5.16. The van der Waals surface area contributed by atoms with E-state index in [1.54, 1.807) is 0 Å². The van der Waals surface area contributed by atoms with Crippen molar-refractivity contribution in [2.75, 3.05) is 13.1 Å². The van der Waals surface area contributed by atoms with Crippen LogP contribution in [0.2, 0.25) is 0 Å². The van der Waals surface area contributed by atoms with Crippen molar-refractivity contribution in [2.45, 2.75) is 44.6 Å². The smallest absolute Gasteiger partial charge is 0.0728 e. The lowest BCUT2D eigenvalue weighted by Crippen LogP contribution is -2.15. The number of hydrogen-bond donors (Lipinski definition) is 1. The first-order chi connectivity index (χ1) is 7.93. The molecular formula is C12H20N4. The van der Waals surface area contributed by atoms with E-state index >= 15 is 0 Å². The Hall–Kier alpha value is -0.900. The Morgan fingerprint density at radius 3 is 3.06 bits per heavy atom. The Morgan fingerprint density at radius 1 is 1.25 bits per heavy atom. The summed E-state index contributed by atoms with van der Waals surface area (Å²) in [7, 11) is 0. The Labute approximate surface area is 96.4 Å². The van der Waals surface area contributed by atoms with Gasteiger partial charge < -0.3 is 5.32 Å². The fourth-order valence-corrected chi connectivity index (χ4v) is 2.58. The highest BCUT2D eigenvalue weighted by atomic mass is 15.4. The van der Waals surface area contributed by atoms with Crippen molar-refractivity contribution in [3.05, 3.63) is 11.9 Å². The first-order valence-corrected chi connectivity index (χ1v) is 6.52. The van der Waals surface area contributed by atoms with E-state index < -0.39 is 0 Å². The molecule has 2 heterocycles. The van der Waals surface area contributed by atoms with Crippen LogP contribution in [0.1, 0.15) is 43.7 Å². The van der Waals surface area contributed by atoms with E-state index in [4.69, 9.17) is 0 Å². The lowest BCUT2D eigenvalue weighted by molar-refractivity contribution is 0.481. The molecule has 3 rings (SSSR count). The molecule has 1 atom stereocenters. The molecule has 1 unspecified atom stereocenters. The summed E-state index contributed by atoms with van der Waals surface area (Å²) < 4.78 is 2.16. The van der Waals surface area contributed by atoms with Gasteiger partial charge in [-0.05, 0) is 51.1 Å². The maximum absolute atomic E-state index is 4.25. The zero-order valence-electron chi connectivity index (χ0n) is 9.73. The van der Waals surface area contributed by atoms with Gasteiger partial charge in [0, 0.05) is 12.5 Å². The molecule has 0 spiro atoms. The summed E-state index contributed by atoms with van der Waals surface area (Å²) in [6, 6.07) is 0. The van der Waals surface area contributed by atoms with Gasteiger partial charge in [-0.3, -0.25) is 0 Å². The zero-order chi connectivity index (χ0) is 10.8. The average molecular weight is 220 g/mol. The van der Waals surface area contributed by atoms with Crippen molar-refractivity contribution < 1.29 is 0 Å². The van der Waals surface area contributed by atoms with Gasteiger partial charge in [0.1, 0.15) is 0 Å². The van der Waals surface area contributed by atoms with Gasteiger partial charge in [0.25, 0.3) is 0 Å². The monoisotopic (exact) mass is 220 g/mol. The van der Waals surface area contributed by atoms with Gasteiger partial charge in [-0.15, -0.1) is 5.10 Å². The summed E-state index contributed by atoms with van der Waals surface area (Å²) in [6.07, 6.45) is 8.54. The molecule has 1 N–H and O–H groups in total. The third kappa shape index (κ3) is 2.26. The van der Waals surface area contributed by atoms with Crippen molar-refractivity contribution in [2.24, 2.45) is 5.92 Å². The molecule has 2 aliphatic rings. The van der Waals surface area contributed by atoms with E-state index in [9.17, 15) is 0 Å². The Kier molecular flexibility index (Phi) is 2.91. The largest absolute Gasteiger partial charge is 0.317 e. The van der Waals surface area contributed by atoms with Crippen LogP contribution >= 0.6 is 0 Å². The minimum Gasteiger partial charge on any atom is -0.317 e. The molecule has 1 aromatic rings. The molecule has 0 amide bonds. The van der Waals surface area contributed by atoms with Crippen molar-refractivity contribution >= 4 is 0 Å². The fourth-order valence-electron chi connectivity index (χ4n) is 2.58. The van der Waals surface area contributed by atoms with Crippen LogP contribution in [0.25, 0.3) is 0 Å². The molecule has 0 bridgehead atoms. The van der Waals surface area contributed by atoms with Crippen LogP contribution in [0.15, 0.2) is 6.20 Å². The molecule has 0 radical (unpaired) electrons. The van der Waals surface area contributed by atoms with Gasteiger partial charge in [-0.2, -0.15) is 0 Å². The van der Waals surface area contributed by atoms with E-state index in [1.807, 2.05) is 6.20 Å². The van der Waals surface area contributed by atoms with Gasteiger partial charge in [-0.1, -0.05) is 5.21 Å². The second kappa shape index (κ2) is 4.53. The highest BCUT2D eigenvalue weighted by Gasteiger charge is 2.25. The van der Waals surface area contributed by atoms with E-state index in [1.165, 1.54) is 44.3 Å². The molecule has 1 aliphatic heterocycles. The maximum atomic E-state index is 4.25. The predicted octanol–water partition coefficient (Wildman–Crippen LogP) is 1.55. The van der Waals surface area contributed by atoms with Gasteiger partial charge in [-0.25, -0.2) is 4.68 Å². The second-order valence-corrected chi connectivity index (χ2v) is 5.16. The third-order valence-electron chi connectivity index (χ3n) is 3.77. The van der Waals surface area contributed by atoms with Crippen LogP contribution in [0.3, 0.4) is 0 Å². The highest BCUT2D eigenvalue weighted by Crippen LogP contribution is 2.32. The van der Waals surface area contributed by atoms with Crippen LogP contribution in [-0.2, 0) is 6.54 Å². The molecule has 4 heteroatoms. The van der Waals surface area contributed by atoms with Crippen LogP contribution in [0.4, 0.5) is 0 Å². The third-order valence-corrected chi connectivity index (χ3v) is 3.77. The van der Waals surface area contributed by atoms with Crippen molar-refractivity contribution in [1.82, 2.24) is 20.3 Å². The molecule has 1 aromatic heterocycles. The van der Waals surface area contributed by atoms with Gasteiger partial charge in [0.2, 0.25) is 0 Å². The molecular weight excluding hydrogens is 200 g/mol. The van der Waals surface area contributed by atoms with Crippen LogP contribution in [0.5, 0.6) is 0 Å². The summed E-state index contributed by atoms with van der Waals surface area (Å²) >= 11 is 0. The van der Waals surface area contributed by atoms with E-state index in [2.05, 4.69) is 20.3 Å². The minimum atomic E-state index is 0.670. The summed E-state index contributed by atoms with van der Waals surface area (Å²) in [5, 5.41) is 11.8. The Morgan fingerprint density at radius 2 is 2.19 bits per heavy atom. The average Bonchev–Trinajstić information content (AvgIpc) is 3.04. The highest BCUT2D eigenvalue weighted by molar-refractivity contribution is 5.04. The van der Waals surface area contributed by atoms with Crippen LogP contribution in [0, 0.1) is 5.92 Å². The molecule has 4 nitrogen and oxygen atoms in total. The molecule has 88 valence electrons. The van der Waals surface area contributed by atoms with Gasteiger partial charge in [0.05, 0.1) is 11.9 Å². The molecule has 1 aliphatic carbocycles. The normalized spacial score (nSPS) is 26.6. The first-order valence-electron chi connectivity index (χ1n) is 6.52. The number of aromatic nitrogens is 3. The lowest BCUT2D eigenvalue weighted by Gasteiger charge is -2.14. The number of rotatable bonds is 3. The summed E-state index contributed by atoms with van der Waals surface area (Å²) in [5.41, 5.74) is 1.37. The van der Waals surface area contributed by atoms with Gasteiger partial charge in [0.15, 0.2) is 0 Å². The van der Waals surface area contributed by atoms with E-state index in [0.717, 1.165) is 19.0 Å². The van der Waals surface area contributed by atoms with Gasteiger partial charge >= 0.3 is 0 Å². The summed E-state index contributed by atoms with van der Waals surface area (Å²) in [5.74, 6) is 1.55. The van der Waals surface area contributed by atoms with Crippen LogP contribution in [-0.4, -0.2) is 28.1 Å². The quantitative estimate of drug-likeness (QED) is 0.840. The molecule has 1 saturated heterocycles. The standard InChI is InChI=1S/C12H20N4/c1-2-11(5-7-13-6-1)12-8-14-15-16(12)9-10-3-4-10/h8,10-11,13H,1-7,9H2. The Bertz CT molecular complexity index is 335. The Balaban J connectivity index is 1.72. The number of hydrogen-bond acceptors (Lipinski definition) is 3. The van der Waals surface area contributed by atoms with Crippen molar-refractivity contribution in [3.8, 4) is 0 Å². The van der Waals surface area contributed by atoms with Crippen molar-refractivity contribution in [3.63, 3.8) is 0 Å². The molecule has 2 fully saturated rings. The number of nitrogens with zero attached hydrogens (tertiary/aromatic N) is 3. The number of nitrogens with one attached hydrogen (secondary N) is 1. The fraction of sp³-hybridized carbons (Fsp3) is 0.833. The van der Waals surface area contributed by atoms with E-state index in [0.29, 0.717) is 5.92 Å². The maximum Gasteiger partial charge on any atom is 0.0728 e. The van der Waals surface area contributed by atoms with Crippen molar-refractivity contribution in [1.29, 1.82) is 0 Å². The SMILES string of the molecule is c1nnn(CC2CC2)c1C1CCCNCC1. The topological polar surface area (TPSA) is 42.7 Å². The zero-order valence-corrected chi connectivity index (χ0v) is 9.73. The molecule has 0 aromatic carbocycles. The molecule has 16 heavy (non-hydrogen) atoms.